The largest absolute Gasteiger partial charge is 0.389 e. The van der Waals surface area contributed by atoms with Gasteiger partial charge < -0.3 is 15.5 Å². The molecular weight excluding hydrogens is 258 g/mol. The van der Waals surface area contributed by atoms with E-state index in [0.29, 0.717) is 5.69 Å². The molecule has 0 bridgehead atoms. The number of amides is 1. The molecule has 2 atom stereocenters. The summed E-state index contributed by atoms with van der Waals surface area (Å²) in [7, 11) is 0. The number of aromatic nitrogens is 1. The van der Waals surface area contributed by atoms with Gasteiger partial charge in [0.05, 0.1) is 24.4 Å². The van der Waals surface area contributed by atoms with Gasteiger partial charge in [-0.15, -0.1) is 0 Å². The SMILES string of the molecule is O=C(CN1C[C@@H](O)[C@@H](O)C1)Nc1cccnc1Cl. The first-order chi connectivity index (χ1) is 8.56. The Morgan fingerprint density at radius 1 is 1.50 bits per heavy atom. The van der Waals surface area contributed by atoms with Gasteiger partial charge in [0.1, 0.15) is 0 Å². The van der Waals surface area contributed by atoms with Crippen LogP contribution in [-0.2, 0) is 4.79 Å². The molecule has 98 valence electrons. The second kappa shape index (κ2) is 5.62. The van der Waals surface area contributed by atoms with E-state index in [1.54, 1.807) is 17.0 Å². The molecule has 1 aromatic heterocycles. The van der Waals surface area contributed by atoms with Crippen LogP contribution in [0.1, 0.15) is 0 Å². The van der Waals surface area contributed by atoms with Crippen molar-refractivity contribution >= 4 is 23.2 Å². The zero-order chi connectivity index (χ0) is 13.1. The molecule has 0 spiro atoms. The quantitative estimate of drug-likeness (QED) is 0.658. The van der Waals surface area contributed by atoms with Gasteiger partial charge in [-0.1, -0.05) is 11.6 Å². The average Bonchev–Trinajstić information content (AvgIpc) is 2.61. The summed E-state index contributed by atoms with van der Waals surface area (Å²) in [6, 6.07) is 3.33. The van der Waals surface area contributed by atoms with Crippen LogP contribution in [0.15, 0.2) is 18.3 Å². The number of hydrogen-bond acceptors (Lipinski definition) is 5. The molecule has 0 saturated carbocycles. The summed E-state index contributed by atoms with van der Waals surface area (Å²) in [5, 5.41) is 21.6. The van der Waals surface area contributed by atoms with Crippen LogP contribution in [0.5, 0.6) is 0 Å². The lowest BCUT2D eigenvalue weighted by Crippen LogP contribution is -2.32. The van der Waals surface area contributed by atoms with Crippen molar-refractivity contribution in [2.45, 2.75) is 12.2 Å². The minimum atomic E-state index is -0.792. The highest BCUT2D eigenvalue weighted by Gasteiger charge is 2.30. The molecule has 2 rings (SSSR count). The molecule has 3 N–H and O–H groups in total. The lowest BCUT2D eigenvalue weighted by Gasteiger charge is -2.14. The molecule has 1 fully saturated rings. The molecule has 7 heteroatoms. The summed E-state index contributed by atoms with van der Waals surface area (Å²) in [4.78, 5) is 17.3. The predicted molar refractivity (Wildman–Crippen MR) is 66.3 cm³/mol. The first kappa shape index (κ1) is 13.2. The number of nitrogens with one attached hydrogen (secondary N) is 1. The molecule has 1 aliphatic rings. The smallest absolute Gasteiger partial charge is 0.238 e. The van der Waals surface area contributed by atoms with Crippen LogP contribution in [0.25, 0.3) is 0 Å². The van der Waals surface area contributed by atoms with E-state index in [1.165, 1.54) is 6.20 Å². The van der Waals surface area contributed by atoms with Crippen LogP contribution >= 0.6 is 11.6 Å². The lowest BCUT2D eigenvalue weighted by atomic mass is 10.3. The van der Waals surface area contributed by atoms with E-state index < -0.39 is 12.2 Å². The second-order valence-corrected chi connectivity index (χ2v) is 4.58. The van der Waals surface area contributed by atoms with Crippen molar-refractivity contribution in [2.75, 3.05) is 25.0 Å². The summed E-state index contributed by atoms with van der Waals surface area (Å²) >= 11 is 5.81. The molecule has 1 amide bonds. The molecule has 2 heterocycles. The minimum Gasteiger partial charge on any atom is -0.389 e. The monoisotopic (exact) mass is 271 g/mol. The maximum absolute atomic E-state index is 11.7. The molecule has 1 aliphatic heterocycles. The van der Waals surface area contributed by atoms with E-state index in [1.807, 2.05) is 0 Å². The van der Waals surface area contributed by atoms with Crippen molar-refractivity contribution in [3.05, 3.63) is 23.5 Å². The van der Waals surface area contributed by atoms with Gasteiger partial charge in [0.2, 0.25) is 5.91 Å². The third-order valence-corrected chi connectivity index (χ3v) is 3.04. The van der Waals surface area contributed by atoms with Gasteiger partial charge in [0, 0.05) is 19.3 Å². The molecule has 0 aliphatic carbocycles. The van der Waals surface area contributed by atoms with Crippen LogP contribution in [0.2, 0.25) is 5.15 Å². The fraction of sp³-hybridized carbons (Fsp3) is 0.455. The number of aliphatic hydroxyl groups is 2. The van der Waals surface area contributed by atoms with E-state index in [2.05, 4.69) is 10.3 Å². The average molecular weight is 272 g/mol. The lowest BCUT2D eigenvalue weighted by molar-refractivity contribution is -0.117. The number of pyridine rings is 1. The number of β-amino-alcohol motifs (C(OH)–C–C–N with tert-alkyl or cyclic N) is 2. The summed E-state index contributed by atoms with van der Waals surface area (Å²) in [6.07, 6.45) is -0.0508. The molecule has 0 unspecified atom stereocenters. The number of rotatable bonds is 3. The second-order valence-electron chi connectivity index (χ2n) is 4.22. The molecule has 1 saturated heterocycles. The van der Waals surface area contributed by atoms with E-state index in [9.17, 15) is 15.0 Å². The van der Waals surface area contributed by atoms with Gasteiger partial charge in [0.25, 0.3) is 0 Å². The maximum atomic E-state index is 11.7. The maximum Gasteiger partial charge on any atom is 0.238 e. The highest BCUT2D eigenvalue weighted by atomic mass is 35.5. The predicted octanol–water partition coefficient (Wildman–Crippen LogP) is -0.289. The van der Waals surface area contributed by atoms with Gasteiger partial charge in [0.15, 0.2) is 5.15 Å². The molecule has 6 nitrogen and oxygen atoms in total. The van der Waals surface area contributed by atoms with Crippen molar-refractivity contribution in [2.24, 2.45) is 0 Å². The number of hydrogen-bond donors (Lipinski definition) is 3. The Balaban J connectivity index is 1.88. The van der Waals surface area contributed by atoms with Crippen molar-refractivity contribution in [3.8, 4) is 0 Å². The number of anilines is 1. The van der Waals surface area contributed by atoms with Crippen LogP contribution in [0, 0.1) is 0 Å². The van der Waals surface area contributed by atoms with E-state index in [4.69, 9.17) is 11.6 Å². The van der Waals surface area contributed by atoms with Crippen molar-refractivity contribution in [3.63, 3.8) is 0 Å². The topological polar surface area (TPSA) is 85.7 Å². The van der Waals surface area contributed by atoms with Crippen LogP contribution in [0.4, 0.5) is 5.69 Å². The number of halogens is 1. The summed E-state index contributed by atoms with van der Waals surface area (Å²) in [5.41, 5.74) is 0.449. The van der Waals surface area contributed by atoms with Gasteiger partial charge >= 0.3 is 0 Å². The number of carbonyl (C=O) groups is 1. The highest BCUT2D eigenvalue weighted by Crippen LogP contribution is 2.17. The highest BCUT2D eigenvalue weighted by molar-refractivity contribution is 6.32. The molecule has 0 radical (unpaired) electrons. The Hall–Kier alpha value is -1.21. The summed E-state index contributed by atoms with van der Waals surface area (Å²) in [5.74, 6) is -0.258. The van der Waals surface area contributed by atoms with E-state index in [0.717, 1.165) is 0 Å². The van der Waals surface area contributed by atoms with Crippen LogP contribution in [-0.4, -0.2) is 57.8 Å². The molecule has 18 heavy (non-hydrogen) atoms. The summed E-state index contributed by atoms with van der Waals surface area (Å²) in [6.45, 7) is 0.671. The first-order valence-corrected chi connectivity index (χ1v) is 5.93. The number of nitrogens with zero attached hydrogens (tertiary/aromatic N) is 2. The number of likely N-dealkylation sites (tertiary alicyclic amines) is 1. The van der Waals surface area contributed by atoms with E-state index in [-0.39, 0.29) is 30.7 Å². The Bertz CT molecular complexity index is 433. The van der Waals surface area contributed by atoms with Crippen LogP contribution in [0.3, 0.4) is 0 Å². The zero-order valence-electron chi connectivity index (χ0n) is 9.58. The van der Waals surface area contributed by atoms with Gasteiger partial charge in [-0.05, 0) is 12.1 Å². The zero-order valence-corrected chi connectivity index (χ0v) is 10.3. The molecule has 0 aromatic carbocycles. The Morgan fingerprint density at radius 2 is 2.17 bits per heavy atom. The Labute approximate surface area is 109 Å². The fourth-order valence-electron chi connectivity index (χ4n) is 1.85. The summed E-state index contributed by atoms with van der Waals surface area (Å²) < 4.78 is 0. The van der Waals surface area contributed by atoms with Crippen molar-refractivity contribution in [1.82, 2.24) is 9.88 Å². The van der Waals surface area contributed by atoms with E-state index >= 15 is 0 Å². The molecular formula is C11H14ClN3O3. The van der Waals surface area contributed by atoms with Crippen LogP contribution < -0.4 is 5.32 Å². The standard InChI is InChI=1S/C11H14ClN3O3/c12-11-7(2-1-3-13-11)14-10(18)6-15-4-8(16)9(17)5-15/h1-3,8-9,16-17H,4-6H2,(H,14,18)/t8-,9+. The number of aliphatic hydroxyl groups excluding tert-OH is 2. The third kappa shape index (κ3) is 3.17. The minimum absolute atomic E-state index is 0.0966. The first-order valence-electron chi connectivity index (χ1n) is 5.55. The molecule has 1 aromatic rings. The third-order valence-electron chi connectivity index (χ3n) is 2.74. The van der Waals surface area contributed by atoms with Gasteiger partial charge in [-0.25, -0.2) is 4.98 Å². The van der Waals surface area contributed by atoms with Gasteiger partial charge in [-0.2, -0.15) is 0 Å². The van der Waals surface area contributed by atoms with Crippen molar-refractivity contribution in [1.29, 1.82) is 0 Å². The van der Waals surface area contributed by atoms with Crippen molar-refractivity contribution < 1.29 is 15.0 Å². The number of carbonyl (C=O) groups excluding carboxylic acids is 1. The fourth-order valence-corrected chi connectivity index (χ4v) is 2.01. The normalized spacial score (nSPS) is 24.2. The Morgan fingerprint density at radius 3 is 2.78 bits per heavy atom. The Kier molecular flexibility index (Phi) is 4.13. The van der Waals surface area contributed by atoms with Gasteiger partial charge in [-0.3, -0.25) is 9.69 Å².